The molecule has 0 saturated heterocycles. The number of nitrogens with zero attached hydrogens (tertiary/aromatic N) is 3. The minimum absolute atomic E-state index is 0.263. The third kappa shape index (κ3) is 3.93. The van der Waals surface area contributed by atoms with Crippen LogP contribution in [0.25, 0.3) is 33.5 Å². The lowest BCUT2D eigenvalue weighted by atomic mass is 9.95. The quantitative estimate of drug-likeness (QED) is 0.247. The van der Waals surface area contributed by atoms with Crippen molar-refractivity contribution in [2.75, 3.05) is 6.61 Å². The van der Waals surface area contributed by atoms with Gasteiger partial charge in [-0.25, -0.2) is 9.78 Å². The molecule has 10 heteroatoms. The molecule has 0 saturated carbocycles. The second-order valence-electron chi connectivity index (χ2n) is 7.54. The van der Waals surface area contributed by atoms with Gasteiger partial charge in [-0.3, -0.25) is 8.94 Å². The number of rotatable bonds is 7. The van der Waals surface area contributed by atoms with Gasteiger partial charge < -0.3 is 9.84 Å². The average molecular weight is 509 g/mol. The minimum Gasteiger partial charge on any atom is -0.477 e. The molecule has 0 fully saturated rings. The number of thiophene rings is 1. The number of benzene rings is 2. The van der Waals surface area contributed by atoms with Gasteiger partial charge in [-0.2, -0.15) is 4.98 Å². The van der Waals surface area contributed by atoms with Crippen molar-refractivity contribution in [3.05, 3.63) is 67.8 Å². The molecule has 172 valence electrons. The first-order chi connectivity index (χ1) is 16.5. The Labute approximate surface area is 208 Å². The van der Waals surface area contributed by atoms with Crippen LogP contribution in [0.3, 0.4) is 0 Å². The van der Waals surface area contributed by atoms with E-state index in [1.54, 1.807) is 0 Å². The second-order valence-corrected chi connectivity index (χ2v) is 10.2. The van der Waals surface area contributed by atoms with Crippen molar-refractivity contribution in [1.29, 1.82) is 0 Å². The smallest absolute Gasteiger partial charge is 0.348 e. The Kier molecular flexibility index (Phi) is 6.03. The number of carbonyl (C=O) groups is 1. The van der Waals surface area contributed by atoms with Crippen LogP contribution in [-0.4, -0.2) is 36.6 Å². The molecule has 0 atom stereocenters. The molecular weight excluding hydrogens is 488 g/mol. The molecule has 7 nitrogen and oxygen atoms in total. The number of aromatic nitrogens is 4. The van der Waals surface area contributed by atoms with Gasteiger partial charge in [0.1, 0.15) is 16.2 Å². The molecule has 2 aromatic carbocycles. The van der Waals surface area contributed by atoms with E-state index in [2.05, 4.69) is 26.5 Å². The van der Waals surface area contributed by atoms with Crippen LogP contribution in [0.5, 0.6) is 6.01 Å². The van der Waals surface area contributed by atoms with Gasteiger partial charge in [-0.15, -0.1) is 11.3 Å². The van der Waals surface area contributed by atoms with Crippen LogP contribution in [0.1, 0.15) is 27.0 Å². The molecule has 0 unspecified atom stereocenters. The highest BCUT2D eigenvalue weighted by Crippen LogP contribution is 2.37. The van der Waals surface area contributed by atoms with E-state index in [4.69, 9.17) is 17.0 Å². The third-order valence-corrected chi connectivity index (χ3v) is 7.43. The van der Waals surface area contributed by atoms with Crippen LogP contribution in [-0.2, 0) is 6.54 Å². The number of aromatic carboxylic acids is 1. The van der Waals surface area contributed by atoms with Gasteiger partial charge >= 0.3 is 5.97 Å². The van der Waals surface area contributed by atoms with Gasteiger partial charge in [0.05, 0.1) is 18.7 Å². The molecule has 0 spiro atoms. The maximum Gasteiger partial charge on any atom is 0.348 e. The number of imidazole rings is 1. The van der Waals surface area contributed by atoms with E-state index in [0.29, 0.717) is 34.1 Å². The first-order valence-corrected chi connectivity index (χ1v) is 12.6. The molecule has 0 bridgehead atoms. The normalized spacial score (nSPS) is 11.2. The Hall–Kier alpha value is -3.34. The van der Waals surface area contributed by atoms with Crippen molar-refractivity contribution in [1.82, 2.24) is 18.9 Å². The van der Waals surface area contributed by atoms with Crippen LogP contribution >= 0.6 is 35.1 Å². The lowest BCUT2D eigenvalue weighted by Crippen LogP contribution is -2.08. The van der Waals surface area contributed by atoms with Gasteiger partial charge in [0.25, 0.3) is 6.01 Å². The summed E-state index contributed by atoms with van der Waals surface area (Å²) >= 11 is 7.78. The van der Waals surface area contributed by atoms with E-state index in [-0.39, 0.29) is 4.88 Å². The monoisotopic (exact) mass is 508 g/mol. The van der Waals surface area contributed by atoms with Crippen molar-refractivity contribution < 1.29 is 14.6 Å². The number of hydrogen-bond acceptors (Lipinski definition) is 7. The largest absolute Gasteiger partial charge is 0.477 e. The maximum absolute atomic E-state index is 12.0. The van der Waals surface area contributed by atoms with Gasteiger partial charge in [-0.1, -0.05) is 48.5 Å². The van der Waals surface area contributed by atoms with Crippen molar-refractivity contribution >= 4 is 52.1 Å². The fourth-order valence-corrected chi connectivity index (χ4v) is 5.68. The van der Waals surface area contributed by atoms with E-state index in [9.17, 15) is 9.90 Å². The molecule has 0 radical (unpaired) electrons. The summed E-state index contributed by atoms with van der Waals surface area (Å²) in [5.74, 6) is -0.244. The summed E-state index contributed by atoms with van der Waals surface area (Å²) < 4.78 is 11.4. The van der Waals surface area contributed by atoms with Crippen molar-refractivity contribution in [3.8, 4) is 28.5 Å². The fourth-order valence-electron chi connectivity index (χ4n) is 4.05. The van der Waals surface area contributed by atoms with Crippen LogP contribution in [0, 0.1) is 10.9 Å². The highest BCUT2D eigenvalue weighted by atomic mass is 32.2. The number of nitrogens with one attached hydrogen (secondary N) is 1. The Morgan fingerprint density at radius 3 is 2.50 bits per heavy atom. The molecule has 0 aliphatic heterocycles. The molecule has 5 aromatic rings. The number of hydrogen-bond donors (Lipinski definition) is 2. The zero-order valence-corrected chi connectivity index (χ0v) is 20.8. The van der Waals surface area contributed by atoms with Gasteiger partial charge in [-0.05, 0) is 54.3 Å². The zero-order valence-electron chi connectivity index (χ0n) is 18.4. The summed E-state index contributed by atoms with van der Waals surface area (Å²) in [4.78, 5) is 22.2. The van der Waals surface area contributed by atoms with E-state index in [1.807, 2.05) is 54.8 Å². The Bertz CT molecular complexity index is 1580. The predicted octanol–water partition coefficient (Wildman–Crippen LogP) is 6.40. The third-order valence-electron chi connectivity index (χ3n) is 5.46. The second kappa shape index (κ2) is 9.13. The summed E-state index contributed by atoms with van der Waals surface area (Å²) in [6.45, 7) is 4.60. The minimum atomic E-state index is -0.968. The molecular formula is C24H20N4O3S3. The SMILES string of the molecule is CCOc1nc2c(C)sc(C(=O)O)c2n1Cc1ccccc1-c1ccccc1-c1nc(=S)s[nH]1. The van der Waals surface area contributed by atoms with Crippen molar-refractivity contribution in [3.63, 3.8) is 0 Å². The molecule has 5 rings (SSSR count). The molecule has 0 amide bonds. The highest BCUT2D eigenvalue weighted by molar-refractivity contribution is 7.73. The summed E-state index contributed by atoms with van der Waals surface area (Å²) in [6.07, 6.45) is 0. The molecule has 3 heterocycles. The van der Waals surface area contributed by atoms with E-state index >= 15 is 0 Å². The predicted molar refractivity (Wildman–Crippen MR) is 138 cm³/mol. The van der Waals surface area contributed by atoms with Gasteiger partial charge in [0.2, 0.25) is 0 Å². The van der Waals surface area contributed by atoms with Gasteiger partial charge in [0, 0.05) is 10.4 Å². The molecule has 0 aliphatic rings. The summed E-state index contributed by atoms with van der Waals surface area (Å²) in [5, 5.41) is 9.83. The zero-order chi connectivity index (χ0) is 23.8. The van der Waals surface area contributed by atoms with Crippen LogP contribution < -0.4 is 4.74 Å². The average Bonchev–Trinajstić information content (AvgIpc) is 3.51. The first-order valence-electron chi connectivity index (χ1n) is 10.6. The molecule has 2 N–H and O–H groups in total. The van der Waals surface area contributed by atoms with E-state index < -0.39 is 5.97 Å². The number of carboxylic acid groups (broad SMARTS) is 1. The Morgan fingerprint density at radius 1 is 1.12 bits per heavy atom. The first kappa shape index (κ1) is 22.5. The Balaban J connectivity index is 1.68. The number of aromatic amines is 1. The molecule has 34 heavy (non-hydrogen) atoms. The van der Waals surface area contributed by atoms with Crippen LogP contribution in [0.15, 0.2) is 48.5 Å². The number of H-pyrrole nitrogens is 1. The number of aryl methyl sites for hydroxylation is 1. The lowest BCUT2D eigenvalue weighted by molar-refractivity contribution is 0.0703. The molecule has 0 aliphatic carbocycles. The number of ether oxygens (including phenoxy) is 1. The van der Waals surface area contributed by atoms with Crippen molar-refractivity contribution in [2.24, 2.45) is 0 Å². The molecule has 3 aromatic heterocycles. The van der Waals surface area contributed by atoms with Gasteiger partial charge in [0.15, 0.2) is 3.95 Å². The van der Waals surface area contributed by atoms with Crippen LogP contribution in [0.2, 0.25) is 0 Å². The fraction of sp³-hybridized carbons (Fsp3) is 0.167. The van der Waals surface area contributed by atoms with E-state index in [0.717, 1.165) is 33.0 Å². The Morgan fingerprint density at radius 2 is 1.82 bits per heavy atom. The van der Waals surface area contributed by atoms with Crippen LogP contribution in [0.4, 0.5) is 0 Å². The number of carboxylic acids is 1. The standard InChI is InChI=1S/C24H20N4O3S3/c1-3-31-23-25-18-13(2)33-20(22(29)30)19(18)28(23)12-14-8-4-5-9-15(14)16-10-6-7-11-17(16)21-26-24(32)34-27-21/h4-11H,3,12H2,1-2H3,(H,29,30)(H,26,27,32). The summed E-state index contributed by atoms with van der Waals surface area (Å²) in [7, 11) is 0. The summed E-state index contributed by atoms with van der Waals surface area (Å²) in [6, 6.07) is 16.5. The lowest BCUT2D eigenvalue weighted by Gasteiger charge is -2.15. The number of fused-ring (bicyclic) bond motifs is 1. The van der Waals surface area contributed by atoms with E-state index in [1.165, 1.54) is 22.9 Å². The highest BCUT2D eigenvalue weighted by Gasteiger charge is 2.24. The summed E-state index contributed by atoms with van der Waals surface area (Å²) in [5.41, 5.74) is 5.22. The van der Waals surface area contributed by atoms with Crippen molar-refractivity contribution in [2.45, 2.75) is 20.4 Å². The topological polar surface area (TPSA) is 93.0 Å². The maximum atomic E-state index is 12.0.